The van der Waals surface area contributed by atoms with Crippen molar-refractivity contribution in [3.05, 3.63) is 0 Å². The molecule has 0 aliphatic heterocycles. The van der Waals surface area contributed by atoms with E-state index in [4.69, 9.17) is 9.63 Å². The number of aliphatic imine (C=N–C) groups is 1. The molecule has 96 valence electrons. The lowest BCUT2D eigenvalue weighted by molar-refractivity contribution is -0.260. The fraction of sp³-hybridized carbons (Fsp3) is 0.875. The van der Waals surface area contributed by atoms with Crippen LogP contribution < -0.4 is 11.3 Å². The minimum Gasteiger partial charge on any atom is -0.595 e. The van der Waals surface area contributed by atoms with Crippen molar-refractivity contribution in [1.82, 2.24) is 6.15 Å². The van der Waals surface area contributed by atoms with Crippen molar-refractivity contribution in [2.75, 3.05) is 12.7 Å². The SMILES string of the molecule is CC(C)(C)OC([O-])=NC[C@@H](F)C[P+](=O)O.[NH4+]. The summed E-state index contributed by atoms with van der Waals surface area (Å²) >= 11 is 0. The van der Waals surface area contributed by atoms with E-state index >= 15 is 0 Å². The molecule has 6 nitrogen and oxygen atoms in total. The van der Waals surface area contributed by atoms with Crippen LogP contribution in [0.5, 0.6) is 0 Å². The number of nitrogens with zero attached hydrogens (tertiary/aromatic N) is 1. The Labute approximate surface area is 95.0 Å². The molecule has 0 heterocycles. The molecule has 0 aromatic carbocycles. The molecular formula is C8H19FN2O4P+. The Kier molecular flexibility index (Phi) is 8.24. The van der Waals surface area contributed by atoms with E-state index in [0.29, 0.717) is 0 Å². The Bertz CT molecular complexity index is 255. The largest absolute Gasteiger partial charge is 0.595 e. The average molecular weight is 257 g/mol. The van der Waals surface area contributed by atoms with Crippen LogP contribution in [0, 0.1) is 0 Å². The van der Waals surface area contributed by atoms with Crippen LogP contribution in [0.3, 0.4) is 0 Å². The van der Waals surface area contributed by atoms with Crippen LogP contribution in [0.25, 0.3) is 0 Å². The average Bonchev–Trinajstić information content (AvgIpc) is 1.96. The molecule has 0 spiro atoms. The van der Waals surface area contributed by atoms with Crippen LogP contribution in [0.1, 0.15) is 20.8 Å². The maximum absolute atomic E-state index is 12.8. The molecule has 5 N–H and O–H groups in total. The predicted octanol–water partition coefficient (Wildman–Crippen LogP) is 0.967. The standard InChI is InChI=1S/C8H15FNO4P.H3N/c1-8(2,3)14-7(11)10-4-6(9)5-15(12)13;/h6H,4-5H2,1-3H3,(H-,10,11,12,13);1H3/p+1/t6-;/m1./s1. The van der Waals surface area contributed by atoms with Gasteiger partial charge in [0.05, 0.1) is 6.54 Å². The molecule has 0 aromatic heterocycles. The first-order valence-electron chi connectivity index (χ1n) is 4.39. The van der Waals surface area contributed by atoms with Crippen LogP contribution in [0.15, 0.2) is 4.99 Å². The quantitative estimate of drug-likeness (QED) is 0.443. The number of alkyl halides is 1. The highest BCUT2D eigenvalue weighted by molar-refractivity contribution is 7.38. The van der Waals surface area contributed by atoms with Crippen molar-refractivity contribution < 1.29 is 23.7 Å². The van der Waals surface area contributed by atoms with Crippen LogP contribution in [0.2, 0.25) is 0 Å². The third kappa shape index (κ3) is 11.3. The van der Waals surface area contributed by atoms with Crippen LogP contribution in [-0.4, -0.2) is 35.5 Å². The monoisotopic (exact) mass is 257 g/mol. The molecule has 2 atom stereocenters. The van der Waals surface area contributed by atoms with Gasteiger partial charge < -0.3 is 16.0 Å². The predicted molar refractivity (Wildman–Crippen MR) is 58.7 cm³/mol. The number of hydrogen-bond donors (Lipinski definition) is 2. The first kappa shape index (κ1) is 17.6. The summed E-state index contributed by atoms with van der Waals surface area (Å²) in [5.41, 5.74) is -0.672. The molecule has 16 heavy (non-hydrogen) atoms. The minimum atomic E-state index is -2.53. The van der Waals surface area contributed by atoms with Gasteiger partial charge in [-0.2, -0.15) is 4.89 Å². The third-order valence-electron chi connectivity index (χ3n) is 1.17. The molecular weight excluding hydrogens is 238 g/mol. The van der Waals surface area contributed by atoms with E-state index in [9.17, 15) is 14.1 Å². The van der Waals surface area contributed by atoms with Crippen molar-refractivity contribution >= 4 is 14.1 Å². The van der Waals surface area contributed by atoms with Gasteiger partial charge in [0, 0.05) is 5.60 Å². The second kappa shape index (κ2) is 7.49. The molecule has 0 saturated carbocycles. The molecule has 0 saturated heterocycles. The van der Waals surface area contributed by atoms with Gasteiger partial charge in [-0.05, 0) is 4.57 Å². The Morgan fingerprint density at radius 2 is 2.12 bits per heavy atom. The smallest absolute Gasteiger partial charge is 0.508 e. The summed E-state index contributed by atoms with van der Waals surface area (Å²) in [5.74, 6) is 0. The number of quaternary nitrogens is 1. The number of ether oxygens (including phenoxy) is 1. The maximum atomic E-state index is 12.8. The zero-order chi connectivity index (χ0) is 12.1. The number of hydrogen-bond acceptors (Lipinski definition) is 4. The van der Waals surface area contributed by atoms with Crippen LogP contribution >= 0.6 is 8.03 Å². The van der Waals surface area contributed by atoms with E-state index in [1.807, 2.05) is 0 Å². The van der Waals surface area contributed by atoms with Crippen LogP contribution in [-0.2, 0) is 9.30 Å². The highest BCUT2D eigenvalue weighted by atomic mass is 31.1. The van der Waals surface area contributed by atoms with E-state index in [1.165, 1.54) is 0 Å². The van der Waals surface area contributed by atoms with Crippen molar-refractivity contribution in [3.63, 3.8) is 0 Å². The van der Waals surface area contributed by atoms with E-state index in [2.05, 4.69) is 4.99 Å². The summed E-state index contributed by atoms with van der Waals surface area (Å²) in [6, 6.07) is 0. The zero-order valence-corrected chi connectivity index (χ0v) is 10.8. The zero-order valence-electron chi connectivity index (χ0n) is 9.94. The first-order valence-corrected chi connectivity index (χ1v) is 5.78. The number of rotatable bonds is 4. The molecule has 8 heteroatoms. The van der Waals surface area contributed by atoms with Gasteiger partial charge in [-0.25, -0.2) is 4.39 Å². The second-order valence-corrected chi connectivity index (χ2v) is 5.02. The fourth-order valence-corrected chi connectivity index (χ4v) is 1.15. The third-order valence-corrected chi connectivity index (χ3v) is 1.87. The molecule has 1 unspecified atom stereocenters. The summed E-state index contributed by atoms with van der Waals surface area (Å²) in [6.45, 7) is 4.55. The summed E-state index contributed by atoms with van der Waals surface area (Å²) in [4.78, 5) is 11.7. The topological polar surface area (TPSA) is 118 Å². The second-order valence-electron chi connectivity index (χ2n) is 3.95. The van der Waals surface area contributed by atoms with Gasteiger partial charge in [-0.15, -0.1) is 0 Å². The minimum absolute atomic E-state index is 0. The Morgan fingerprint density at radius 3 is 2.50 bits per heavy atom. The van der Waals surface area contributed by atoms with Crippen molar-refractivity contribution in [2.45, 2.75) is 32.5 Å². The van der Waals surface area contributed by atoms with Gasteiger partial charge in [-0.3, -0.25) is 4.99 Å². The van der Waals surface area contributed by atoms with E-state index in [-0.39, 0.29) is 6.15 Å². The van der Waals surface area contributed by atoms with E-state index in [1.54, 1.807) is 20.8 Å². The van der Waals surface area contributed by atoms with E-state index in [0.717, 1.165) is 0 Å². The van der Waals surface area contributed by atoms with Gasteiger partial charge in [-0.1, -0.05) is 20.8 Å². The van der Waals surface area contributed by atoms with Crippen molar-refractivity contribution in [1.29, 1.82) is 0 Å². The van der Waals surface area contributed by atoms with E-state index < -0.39 is 38.6 Å². The van der Waals surface area contributed by atoms with Crippen LogP contribution in [0.4, 0.5) is 4.39 Å². The molecule has 0 radical (unpaired) electrons. The highest BCUT2D eigenvalue weighted by Gasteiger charge is 2.20. The summed E-state index contributed by atoms with van der Waals surface area (Å²) in [5, 5.41) is 11.0. The molecule has 0 rings (SSSR count). The summed E-state index contributed by atoms with van der Waals surface area (Å²) < 4.78 is 27.8. The molecule has 0 bridgehead atoms. The lowest BCUT2D eigenvalue weighted by Gasteiger charge is -2.29. The normalized spacial score (nSPS) is 15.1. The fourth-order valence-electron chi connectivity index (χ4n) is 0.695. The van der Waals surface area contributed by atoms with Gasteiger partial charge in [0.15, 0.2) is 6.17 Å². The molecule has 0 aromatic rings. The lowest BCUT2D eigenvalue weighted by Crippen LogP contribution is -2.32. The Morgan fingerprint density at radius 1 is 1.62 bits per heavy atom. The van der Waals surface area contributed by atoms with Crippen molar-refractivity contribution in [3.8, 4) is 0 Å². The molecule has 0 aliphatic rings. The van der Waals surface area contributed by atoms with Gasteiger partial charge in [0.25, 0.3) is 0 Å². The Hall–Kier alpha value is -0.780. The highest BCUT2D eigenvalue weighted by Crippen LogP contribution is 2.16. The van der Waals surface area contributed by atoms with Crippen molar-refractivity contribution in [2.24, 2.45) is 4.99 Å². The summed E-state index contributed by atoms with van der Waals surface area (Å²) in [7, 11) is -2.53. The number of halogens is 1. The summed E-state index contributed by atoms with van der Waals surface area (Å²) in [6.07, 6.45) is -2.97. The van der Waals surface area contributed by atoms with Gasteiger partial charge in [0.1, 0.15) is 6.08 Å². The van der Waals surface area contributed by atoms with Gasteiger partial charge in [0.2, 0.25) is 6.16 Å². The maximum Gasteiger partial charge on any atom is 0.508 e. The first-order chi connectivity index (χ1) is 6.70. The lowest BCUT2D eigenvalue weighted by atomic mass is 10.2. The molecule has 0 aliphatic carbocycles. The van der Waals surface area contributed by atoms with Gasteiger partial charge >= 0.3 is 8.03 Å². The molecule has 0 amide bonds. The molecule has 0 fully saturated rings. The Balaban J connectivity index is 0.